The molecule has 0 saturated heterocycles. The summed E-state index contributed by atoms with van der Waals surface area (Å²) in [6, 6.07) is 16.3. The first-order chi connectivity index (χ1) is 17.0. The quantitative estimate of drug-likeness (QED) is 0.531. The van der Waals surface area contributed by atoms with Gasteiger partial charge in [0.2, 0.25) is 21.8 Å². The Labute approximate surface area is 213 Å². The van der Waals surface area contributed by atoms with E-state index in [2.05, 4.69) is 10.6 Å². The van der Waals surface area contributed by atoms with Crippen molar-refractivity contribution in [3.63, 3.8) is 0 Å². The molecule has 0 spiro atoms. The van der Waals surface area contributed by atoms with E-state index in [4.69, 9.17) is 5.14 Å². The lowest BCUT2D eigenvalue weighted by Gasteiger charge is -2.59. The van der Waals surface area contributed by atoms with Crippen molar-refractivity contribution >= 4 is 21.8 Å². The molecule has 4 aliphatic rings. The summed E-state index contributed by atoms with van der Waals surface area (Å²) in [5.74, 6) is 1.27. The number of carbonyl (C=O) groups excluding carboxylic acids is 2. The van der Waals surface area contributed by atoms with E-state index in [1.807, 2.05) is 44.2 Å². The average Bonchev–Trinajstić information content (AvgIpc) is 2.84. The first-order valence-corrected chi connectivity index (χ1v) is 14.3. The molecular weight excluding hydrogens is 474 g/mol. The van der Waals surface area contributed by atoms with E-state index in [0.717, 1.165) is 43.2 Å². The Morgan fingerprint density at radius 3 is 2.17 bits per heavy atom. The molecule has 2 amide bonds. The van der Waals surface area contributed by atoms with E-state index in [-0.39, 0.29) is 28.2 Å². The van der Waals surface area contributed by atoms with E-state index < -0.39 is 15.4 Å². The first-order valence-electron chi connectivity index (χ1n) is 12.7. The van der Waals surface area contributed by atoms with Crippen LogP contribution in [0.1, 0.15) is 57.1 Å². The number of nitrogens with one attached hydrogen (secondary N) is 2. The van der Waals surface area contributed by atoms with Crippen LogP contribution in [0.5, 0.6) is 0 Å². The zero-order valence-corrected chi connectivity index (χ0v) is 21.7. The van der Waals surface area contributed by atoms with Crippen LogP contribution in [0.25, 0.3) is 0 Å². The number of amides is 2. The van der Waals surface area contributed by atoms with Crippen molar-refractivity contribution in [2.24, 2.45) is 28.3 Å². The third kappa shape index (κ3) is 4.57. The molecule has 36 heavy (non-hydrogen) atoms. The summed E-state index contributed by atoms with van der Waals surface area (Å²) in [6.07, 6.45) is 4.64. The van der Waals surface area contributed by atoms with Gasteiger partial charge in [-0.2, -0.15) is 0 Å². The van der Waals surface area contributed by atoms with Gasteiger partial charge in [0.1, 0.15) is 0 Å². The molecule has 7 nitrogen and oxygen atoms in total. The Kier molecular flexibility index (Phi) is 6.24. The normalized spacial score (nSPS) is 29.1. The van der Waals surface area contributed by atoms with Gasteiger partial charge in [-0.1, -0.05) is 42.5 Å². The third-order valence-electron chi connectivity index (χ3n) is 8.82. The molecule has 2 unspecified atom stereocenters. The van der Waals surface area contributed by atoms with Crippen LogP contribution < -0.4 is 15.8 Å². The molecule has 4 N–H and O–H groups in total. The predicted molar refractivity (Wildman–Crippen MR) is 137 cm³/mol. The highest BCUT2D eigenvalue weighted by Crippen LogP contribution is 2.60. The molecule has 4 fully saturated rings. The van der Waals surface area contributed by atoms with E-state index >= 15 is 0 Å². The Hall–Kier alpha value is -2.71. The van der Waals surface area contributed by atoms with Crippen molar-refractivity contribution in [3.8, 4) is 0 Å². The average molecular weight is 510 g/mol. The fourth-order valence-corrected chi connectivity index (χ4v) is 7.54. The van der Waals surface area contributed by atoms with Gasteiger partial charge >= 0.3 is 0 Å². The van der Waals surface area contributed by atoms with E-state index in [0.29, 0.717) is 24.3 Å². The number of primary sulfonamides is 1. The Morgan fingerprint density at radius 2 is 1.58 bits per heavy atom. The number of hydrogen-bond acceptors (Lipinski definition) is 4. The molecule has 2 aromatic carbocycles. The summed E-state index contributed by atoms with van der Waals surface area (Å²) in [6.45, 7) is 4.28. The minimum absolute atomic E-state index is 0.0487. The minimum atomic E-state index is -3.74. The van der Waals surface area contributed by atoms with Crippen LogP contribution in [0.2, 0.25) is 0 Å². The Bertz CT molecular complexity index is 1240. The molecule has 4 bridgehead atoms. The highest BCUT2D eigenvalue weighted by Gasteiger charge is 2.58. The number of benzene rings is 2. The molecular formula is C28H35N3O4S. The van der Waals surface area contributed by atoms with Crippen LogP contribution in [0, 0.1) is 23.2 Å². The fraction of sp³-hybridized carbons (Fsp3) is 0.500. The molecule has 0 aromatic heterocycles. The zero-order chi connectivity index (χ0) is 25.7. The van der Waals surface area contributed by atoms with Crippen molar-refractivity contribution in [2.75, 3.05) is 0 Å². The van der Waals surface area contributed by atoms with E-state index in [1.54, 1.807) is 12.1 Å². The smallest absolute Gasteiger partial charge is 0.238 e. The van der Waals surface area contributed by atoms with Gasteiger partial charge in [-0.05, 0) is 87.0 Å². The van der Waals surface area contributed by atoms with Gasteiger partial charge < -0.3 is 10.6 Å². The molecule has 8 heteroatoms. The monoisotopic (exact) mass is 509 g/mol. The summed E-state index contributed by atoms with van der Waals surface area (Å²) in [4.78, 5) is 26.9. The van der Waals surface area contributed by atoms with Crippen LogP contribution in [0.15, 0.2) is 59.5 Å². The van der Waals surface area contributed by atoms with E-state index in [1.165, 1.54) is 12.1 Å². The largest absolute Gasteiger partial charge is 0.352 e. The standard InChI is InChI=1S/C28H35N3O4S/c1-27(2,22-6-4-3-5-7-22)25(32)31-24-20-12-19-13-21(24)16-28(14-19,15-20)26(33)30-17-18-8-10-23(11-9-18)36(29,34)35/h3-11,19-21,24H,12-17H2,1-2H3,(H,30,33)(H,31,32)(H2,29,34,35). The van der Waals surface area contributed by atoms with Crippen molar-refractivity contribution < 1.29 is 18.0 Å². The topological polar surface area (TPSA) is 118 Å². The highest BCUT2D eigenvalue weighted by atomic mass is 32.2. The number of rotatable bonds is 7. The molecule has 0 heterocycles. The lowest BCUT2D eigenvalue weighted by molar-refractivity contribution is -0.151. The van der Waals surface area contributed by atoms with Crippen LogP contribution in [-0.2, 0) is 31.6 Å². The van der Waals surface area contributed by atoms with Crippen molar-refractivity contribution in [1.82, 2.24) is 10.6 Å². The van der Waals surface area contributed by atoms with Crippen LogP contribution in [0.3, 0.4) is 0 Å². The van der Waals surface area contributed by atoms with Gasteiger partial charge in [-0.3, -0.25) is 9.59 Å². The molecule has 192 valence electrons. The zero-order valence-electron chi connectivity index (χ0n) is 20.9. The summed E-state index contributed by atoms with van der Waals surface area (Å²) in [5.41, 5.74) is 0.824. The number of sulfonamides is 1. The molecule has 0 radical (unpaired) electrons. The molecule has 4 aliphatic carbocycles. The third-order valence-corrected chi connectivity index (χ3v) is 9.75. The van der Waals surface area contributed by atoms with Crippen LogP contribution in [0.4, 0.5) is 0 Å². The Morgan fingerprint density at radius 1 is 0.972 bits per heavy atom. The van der Waals surface area contributed by atoms with Crippen LogP contribution in [-0.4, -0.2) is 26.3 Å². The fourth-order valence-electron chi connectivity index (χ4n) is 7.02. The maximum Gasteiger partial charge on any atom is 0.238 e. The van der Waals surface area contributed by atoms with Crippen molar-refractivity contribution in [1.29, 1.82) is 0 Å². The SMILES string of the molecule is CC(C)(C(=O)NC1C2CC3CC1CC(C(=O)NCc1ccc(S(N)(=O)=O)cc1)(C3)C2)c1ccccc1. The predicted octanol–water partition coefficient (Wildman–Crippen LogP) is 3.24. The lowest BCUT2D eigenvalue weighted by Crippen LogP contribution is -2.63. The van der Waals surface area contributed by atoms with Crippen LogP contribution >= 0.6 is 0 Å². The second kappa shape index (κ2) is 8.99. The maximum absolute atomic E-state index is 13.5. The number of hydrogen-bond donors (Lipinski definition) is 3. The first kappa shape index (κ1) is 25.0. The minimum Gasteiger partial charge on any atom is -0.352 e. The second-order valence-corrected chi connectivity index (χ2v) is 13.2. The maximum atomic E-state index is 13.5. The molecule has 4 saturated carbocycles. The summed E-state index contributed by atoms with van der Waals surface area (Å²) >= 11 is 0. The van der Waals surface area contributed by atoms with Gasteiger partial charge in [-0.25, -0.2) is 13.6 Å². The van der Waals surface area contributed by atoms with Gasteiger partial charge in [0.15, 0.2) is 0 Å². The second-order valence-electron chi connectivity index (χ2n) is 11.6. The highest BCUT2D eigenvalue weighted by molar-refractivity contribution is 7.89. The van der Waals surface area contributed by atoms with Gasteiger partial charge in [-0.15, -0.1) is 0 Å². The molecule has 2 aromatic rings. The van der Waals surface area contributed by atoms with Crippen molar-refractivity contribution in [2.45, 2.75) is 68.8 Å². The molecule has 2 atom stereocenters. The van der Waals surface area contributed by atoms with E-state index in [9.17, 15) is 18.0 Å². The molecule has 0 aliphatic heterocycles. The van der Waals surface area contributed by atoms with Gasteiger partial charge in [0.25, 0.3) is 0 Å². The number of carbonyl (C=O) groups is 2. The summed E-state index contributed by atoms with van der Waals surface area (Å²) in [7, 11) is -3.74. The summed E-state index contributed by atoms with van der Waals surface area (Å²) < 4.78 is 22.9. The summed E-state index contributed by atoms with van der Waals surface area (Å²) in [5, 5.41) is 11.7. The number of nitrogens with two attached hydrogens (primary N) is 1. The van der Waals surface area contributed by atoms with Gasteiger partial charge in [0, 0.05) is 12.6 Å². The van der Waals surface area contributed by atoms with Gasteiger partial charge in [0.05, 0.1) is 15.7 Å². The molecule has 6 rings (SSSR count). The lowest BCUT2D eigenvalue weighted by atomic mass is 9.47. The Balaban J connectivity index is 1.24. The van der Waals surface area contributed by atoms with Crippen molar-refractivity contribution in [3.05, 3.63) is 65.7 Å².